The Morgan fingerprint density at radius 3 is 2.38 bits per heavy atom. The second kappa shape index (κ2) is 7.22. The molecule has 0 saturated carbocycles. The maximum absolute atomic E-state index is 6.23. The summed E-state index contributed by atoms with van der Waals surface area (Å²) in [5.74, 6) is 1.77. The first-order chi connectivity index (χ1) is 12.6. The maximum atomic E-state index is 6.23. The highest BCUT2D eigenvalue weighted by Gasteiger charge is 2.20. The van der Waals surface area contributed by atoms with Crippen molar-refractivity contribution in [3.8, 4) is 11.4 Å². The highest BCUT2D eigenvalue weighted by Crippen LogP contribution is 2.30. The Kier molecular flexibility index (Phi) is 4.79. The number of anilines is 1. The lowest BCUT2D eigenvalue weighted by Gasteiger charge is -2.35. The summed E-state index contributed by atoms with van der Waals surface area (Å²) in [6, 6.07) is 14.3. The number of hydrogen-bond donors (Lipinski definition) is 0. The number of aryl methyl sites for hydroxylation is 1. The number of aromatic nitrogens is 2. The van der Waals surface area contributed by atoms with Gasteiger partial charge < -0.3 is 9.80 Å². The van der Waals surface area contributed by atoms with E-state index in [1.807, 2.05) is 18.2 Å². The number of rotatable bonds is 3. The molecule has 1 aliphatic heterocycles. The van der Waals surface area contributed by atoms with E-state index in [0.717, 1.165) is 60.8 Å². The van der Waals surface area contributed by atoms with Crippen LogP contribution in [0.5, 0.6) is 0 Å². The van der Waals surface area contributed by atoms with Gasteiger partial charge in [0.05, 0.1) is 5.52 Å². The molecule has 0 atom stereocenters. The Labute approximate surface area is 159 Å². The fraction of sp³-hybridized carbons (Fsp3) is 0.333. The predicted octanol–water partition coefficient (Wildman–Crippen LogP) is 4.40. The topological polar surface area (TPSA) is 32.3 Å². The van der Waals surface area contributed by atoms with Crippen molar-refractivity contribution in [1.82, 2.24) is 14.9 Å². The number of fused-ring (bicyclic) bond motifs is 1. The molecule has 1 fully saturated rings. The molecule has 1 aromatic heterocycles. The van der Waals surface area contributed by atoms with Crippen molar-refractivity contribution in [2.75, 3.05) is 37.6 Å². The minimum Gasteiger partial charge on any atom is -0.353 e. The van der Waals surface area contributed by atoms with E-state index in [1.165, 1.54) is 5.56 Å². The molecule has 3 aromatic rings. The molecular formula is C21H23ClN4. The third kappa shape index (κ3) is 3.39. The molecule has 1 saturated heterocycles. The molecule has 0 N–H and O–H groups in total. The van der Waals surface area contributed by atoms with Gasteiger partial charge in [0.1, 0.15) is 5.82 Å². The average molecular weight is 367 g/mol. The molecule has 5 heteroatoms. The van der Waals surface area contributed by atoms with Crippen molar-refractivity contribution < 1.29 is 0 Å². The summed E-state index contributed by atoms with van der Waals surface area (Å²) in [6.07, 6.45) is 0. The Morgan fingerprint density at radius 2 is 1.69 bits per heavy atom. The van der Waals surface area contributed by atoms with Gasteiger partial charge in [-0.25, -0.2) is 9.97 Å². The second-order valence-corrected chi connectivity index (χ2v) is 7.26. The maximum Gasteiger partial charge on any atom is 0.162 e. The van der Waals surface area contributed by atoms with Crippen molar-refractivity contribution in [2.24, 2.45) is 0 Å². The first-order valence-corrected chi connectivity index (χ1v) is 9.53. The molecule has 0 radical (unpaired) electrons. The van der Waals surface area contributed by atoms with Gasteiger partial charge in [0.25, 0.3) is 0 Å². The van der Waals surface area contributed by atoms with E-state index in [9.17, 15) is 0 Å². The molecule has 2 aromatic carbocycles. The zero-order valence-corrected chi connectivity index (χ0v) is 16.0. The summed E-state index contributed by atoms with van der Waals surface area (Å²) >= 11 is 6.23. The minimum absolute atomic E-state index is 0.702. The predicted molar refractivity (Wildman–Crippen MR) is 109 cm³/mol. The van der Waals surface area contributed by atoms with E-state index in [4.69, 9.17) is 21.6 Å². The van der Waals surface area contributed by atoms with Crippen LogP contribution in [-0.2, 0) is 0 Å². The number of likely N-dealkylation sites (N-methyl/N-ethyl adjacent to an activating group) is 1. The van der Waals surface area contributed by atoms with Gasteiger partial charge in [0.15, 0.2) is 5.82 Å². The van der Waals surface area contributed by atoms with Gasteiger partial charge in [-0.1, -0.05) is 48.4 Å². The highest BCUT2D eigenvalue weighted by atomic mass is 35.5. The van der Waals surface area contributed by atoms with Crippen LogP contribution in [0.15, 0.2) is 42.5 Å². The lowest BCUT2D eigenvalue weighted by atomic mass is 10.1. The van der Waals surface area contributed by atoms with Crippen molar-refractivity contribution in [3.63, 3.8) is 0 Å². The molecule has 4 nitrogen and oxygen atoms in total. The quantitative estimate of drug-likeness (QED) is 0.687. The van der Waals surface area contributed by atoms with Gasteiger partial charge >= 0.3 is 0 Å². The van der Waals surface area contributed by atoms with E-state index >= 15 is 0 Å². The third-order valence-electron chi connectivity index (χ3n) is 5.07. The SMILES string of the molecule is CCN1CCN(c2nc(-c3ccc(C)cc3)nc3cc(Cl)ccc23)CC1. The van der Waals surface area contributed by atoms with E-state index < -0.39 is 0 Å². The highest BCUT2D eigenvalue weighted by molar-refractivity contribution is 6.31. The summed E-state index contributed by atoms with van der Waals surface area (Å²) in [4.78, 5) is 14.6. The van der Waals surface area contributed by atoms with Gasteiger partial charge in [-0.15, -0.1) is 0 Å². The van der Waals surface area contributed by atoms with Crippen molar-refractivity contribution in [2.45, 2.75) is 13.8 Å². The minimum atomic E-state index is 0.702. The second-order valence-electron chi connectivity index (χ2n) is 6.82. The van der Waals surface area contributed by atoms with Crippen LogP contribution in [-0.4, -0.2) is 47.6 Å². The van der Waals surface area contributed by atoms with E-state index in [0.29, 0.717) is 5.02 Å². The van der Waals surface area contributed by atoms with Gasteiger partial charge in [-0.3, -0.25) is 0 Å². The molecule has 0 amide bonds. The zero-order valence-electron chi connectivity index (χ0n) is 15.2. The standard InChI is InChI=1S/C21H23ClN4/c1-3-25-10-12-26(13-11-25)21-18-9-8-17(22)14-19(18)23-20(24-21)16-6-4-15(2)5-7-16/h4-9,14H,3,10-13H2,1-2H3. The summed E-state index contributed by atoms with van der Waals surface area (Å²) in [5.41, 5.74) is 3.16. The van der Waals surface area contributed by atoms with Gasteiger partial charge in [0.2, 0.25) is 0 Å². The van der Waals surface area contributed by atoms with E-state index in [2.05, 4.69) is 47.9 Å². The van der Waals surface area contributed by atoms with Gasteiger partial charge in [-0.2, -0.15) is 0 Å². The zero-order chi connectivity index (χ0) is 18.1. The molecule has 0 unspecified atom stereocenters. The van der Waals surface area contributed by atoms with Crippen LogP contribution in [0.1, 0.15) is 12.5 Å². The van der Waals surface area contributed by atoms with Crippen LogP contribution in [0.3, 0.4) is 0 Å². The fourth-order valence-corrected chi connectivity index (χ4v) is 3.60. The van der Waals surface area contributed by atoms with Crippen LogP contribution >= 0.6 is 11.6 Å². The summed E-state index contributed by atoms with van der Waals surface area (Å²) in [7, 11) is 0. The molecule has 2 heterocycles. The van der Waals surface area contributed by atoms with E-state index in [-0.39, 0.29) is 0 Å². The number of benzene rings is 2. The number of piperazine rings is 1. The summed E-state index contributed by atoms with van der Waals surface area (Å²) in [6.45, 7) is 9.50. The molecule has 0 spiro atoms. The Hall–Kier alpha value is -2.17. The molecule has 26 heavy (non-hydrogen) atoms. The molecular weight excluding hydrogens is 344 g/mol. The molecule has 1 aliphatic rings. The number of hydrogen-bond acceptors (Lipinski definition) is 4. The number of halogens is 1. The number of nitrogens with zero attached hydrogens (tertiary/aromatic N) is 4. The van der Waals surface area contributed by atoms with Crippen LogP contribution in [0, 0.1) is 6.92 Å². The largest absolute Gasteiger partial charge is 0.353 e. The Bertz CT molecular complexity index is 915. The lowest BCUT2D eigenvalue weighted by Crippen LogP contribution is -2.46. The summed E-state index contributed by atoms with van der Waals surface area (Å²) in [5, 5.41) is 1.77. The van der Waals surface area contributed by atoms with E-state index in [1.54, 1.807) is 0 Å². The molecule has 0 aliphatic carbocycles. The van der Waals surface area contributed by atoms with Gasteiger partial charge in [-0.05, 0) is 31.7 Å². The smallest absolute Gasteiger partial charge is 0.162 e. The van der Waals surface area contributed by atoms with Crippen molar-refractivity contribution in [3.05, 3.63) is 53.1 Å². The Balaban J connectivity index is 1.81. The first-order valence-electron chi connectivity index (χ1n) is 9.15. The molecule has 134 valence electrons. The normalized spacial score (nSPS) is 15.6. The van der Waals surface area contributed by atoms with Crippen molar-refractivity contribution in [1.29, 1.82) is 0 Å². The molecule has 4 rings (SSSR count). The third-order valence-corrected chi connectivity index (χ3v) is 5.30. The summed E-state index contributed by atoms with van der Waals surface area (Å²) < 4.78 is 0. The van der Waals surface area contributed by atoms with Gasteiger partial charge in [0, 0.05) is 42.2 Å². The molecule has 0 bridgehead atoms. The van der Waals surface area contributed by atoms with Crippen molar-refractivity contribution >= 4 is 28.3 Å². The lowest BCUT2D eigenvalue weighted by molar-refractivity contribution is 0.271. The average Bonchev–Trinajstić information content (AvgIpc) is 2.67. The van der Waals surface area contributed by atoms with Crippen LogP contribution in [0.2, 0.25) is 5.02 Å². The Morgan fingerprint density at radius 1 is 0.962 bits per heavy atom. The first kappa shape index (κ1) is 17.3. The van der Waals surface area contributed by atoms with Crippen LogP contribution in [0.25, 0.3) is 22.3 Å². The van der Waals surface area contributed by atoms with Crippen LogP contribution in [0.4, 0.5) is 5.82 Å². The fourth-order valence-electron chi connectivity index (χ4n) is 3.43. The monoisotopic (exact) mass is 366 g/mol. The van der Waals surface area contributed by atoms with Crippen LogP contribution < -0.4 is 4.90 Å².